The van der Waals surface area contributed by atoms with E-state index in [9.17, 15) is 18.0 Å². The van der Waals surface area contributed by atoms with Crippen LogP contribution < -0.4 is 4.74 Å². The Balaban J connectivity index is 3.43. The minimum Gasteiger partial charge on any atom is -0.496 e. The average molecular weight is 246 g/mol. The number of benzene rings is 1. The first-order valence-electron chi connectivity index (χ1n) is 5.10. The molecule has 0 amide bonds. The van der Waals surface area contributed by atoms with E-state index in [4.69, 9.17) is 4.74 Å². The van der Waals surface area contributed by atoms with E-state index in [0.29, 0.717) is 0 Å². The molecule has 0 N–H and O–H groups in total. The van der Waals surface area contributed by atoms with Gasteiger partial charge in [0.25, 0.3) is 0 Å². The van der Waals surface area contributed by atoms with Gasteiger partial charge in [-0.3, -0.25) is 4.79 Å². The third kappa shape index (κ3) is 2.60. The fourth-order valence-corrected chi connectivity index (χ4v) is 1.67. The maximum atomic E-state index is 12.6. The van der Waals surface area contributed by atoms with Gasteiger partial charge in [-0.15, -0.1) is 0 Å². The zero-order chi connectivity index (χ0) is 13.2. The van der Waals surface area contributed by atoms with Crippen LogP contribution >= 0.6 is 0 Å². The molecule has 2 nitrogen and oxygen atoms in total. The van der Waals surface area contributed by atoms with E-state index >= 15 is 0 Å². The maximum absolute atomic E-state index is 12.6. The molecule has 0 atom stereocenters. The predicted molar refractivity (Wildman–Crippen MR) is 57.4 cm³/mol. The van der Waals surface area contributed by atoms with Crippen LogP contribution in [-0.2, 0) is 6.18 Å². The van der Waals surface area contributed by atoms with Gasteiger partial charge in [-0.2, -0.15) is 13.2 Å². The van der Waals surface area contributed by atoms with Crippen molar-refractivity contribution < 1.29 is 22.7 Å². The molecule has 17 heavy (non-hydrogen) atoms. The lowest BCUT2D eigenvalue weighted by atomic mass is 9.99. The third-order valence-corrected chi connectivity index (χ3v) is 2.54. The van der Waals surface area contributed by atoms with Crippen LogP contribution in [0.2, 0.25) is 0 Å². The second-order valence-electron chi connectivity index (χ2n) is 3.59. The molecule has 0 fully saturated rings. The Hall–Kier alpha value is -1.52. The predicted octanol–water partition coefficient (Wildman–Crippen LogP) is 3.62. The van der Waals surface area contributed by atoms with Gasteiger partial charge >= 0.3 is 6.18 Å². The van der Waals surface area contributed by atoms with Gasteiger partial charge in [0, 0.05) is 12.0 Å². The van der Waals surface area contributed by atoms with Crippen LogP contribution in [0.3, 0.4) is 0 Å². The monoisotopic (exact) mass is 246 g/mol. The van der Waals surface area contributed by atoms with Crippen LogP contribution in [0.15, 0.2) is 12.1 Å². The second kappa shape index (κ2) is 4.77. The molecule has 1 aromatic rings. The van der Waals surface area contributed by atoms with Crippen LogP contribution in [0.5, 0.6) is 5.75 Å². The van der Waals surface area contributed by atoms with Crippen LogP contribution in [-0.4, -0.2) is 12.9 Å². The Bertz CT molecular complexity index is 436. The van der Waals surface area contributed by atoms with E-state index in [2.05, 4.69) is 0 Å². The molecule has 0 aromatic heterocycles. The minimum atomic E-state index is -4.44. The highest BCUT2D eigenvalue weighted by molar-refractivity contribution is 5.99. The first-order chi connectivity index (χ1) is 7.82. The molecule has 0 spiro atoms. The van der Waals surface area contributed by atoms with Gasteiger partial charge in [-0.05, 0) is 19.1 Å². The van der Waals surface area contributed by atoms with Gasteiger partial charge in [0.2, 0.25) is 0 Å². The molecular formula is C12H13F3O2. The molecule has 0 heterocycles. The number of Topliss-reactive ketones (excluding diaryl/α,β-unsaturated/α-hetero) is 1. The molecule has 0 aliphatic heterocycles. The number of carbonyl (C=O) groups excluding carboxylic acids is 1. The Morgan fingerprint density at radius 1 is 1.35 bits per heavy atom. The summed E-state index contributed by atoms with van der Waals surface area (Å²) in [6.45, 7) is 2.95. The van der Waals surface area contributed by atoms with E-state index in [1.54, 1.807) is 6.92 Å². The van der Waals surface area contributed by atoms with Crippen molar-refractivity contribution in [1.29, 1.82) is 0 Å². The van der Waals surface area contributed by atoms with E-state index in [1.807, 2.05) is 0 Å². The maximum Gasteiger partial charge on any atom is 0.416 e. The van der Waals surface area contributed by atoms with Crippen molar-refractivity contribution >= 4 is 5.78 Å². The molecule has 1 aromatic carbocycles. The molecule has 1 rings (SSSR count). The number of rotatable bonds is 3. The zero-order valence-corrected chi connectivity index (χ0v) is 9.81. The molecule has 0 aliphatic rings. The standard InChI is InChI=1S/C12H13F3O2/c1-4-10(16)8-5-6-9(12(13,14)15)7(2)11(8)17-3/h5-6H,4H2,1-3H3. The van der Waals surface area contributed by atoms with E-state index in [-0.39, 0.29) is 29.1 Å². The van der Waals surface area contributed by atoms with Crippen molar-refractivity contribution in [2.24, 2.45) is 0 Å². The van der Waals surface area contributed by atoms with Gasteiger partial charge in [-0.25, -0.2) is 0 Å². The Labute approximate surface area is 97.4 Å². The van der Waals surface area contributed by atoms with Gasteiger partial charge < -0.3 is 4.74 Å². The summed E-state index contributed by atoms with van der Waals surface area (Å²) < 4.78 is 42.8. The third-order valence-electron chi connectivity index (χ3n) is 2.54. The summed E-state index contributed by atoms with van der Waals surface area (Å²) >= 11 is 0. The lowest BCUT2D eigenvalue weighted by Crippen LogP contribution is -2.11. The Morgan fingerprint density at radius 3 is 2.35 bits per heavy atom. The number of halogens is 3. The first kappa shape index (κ1) is 13.5. The summed E-state index contributed by atoms with van der Waals surface area (Å²) in [5.41, 5.74) is -0.637. The number of ether oxygens (including phenoxy) is 1. The number of methoxy groups -OCH3 is 1. The number of alkyl halides is 3. The molecule has 0 unspecified atom stereocenters. The SMILES string of the molecule is CCC(=O)c1ccc(C(F)(F)F)c(C)c1OC. The lowest BCUT2D eigenvalue weighted by Gasteiger charge is -2.16. The van der Waals surface area contributed by atoms with Crippen LogP contribution in [0.1, 0.15) is 34.8 Å². The molecule has 0 aliphatic carbocycles. The van der Waals surface area contributed by atoms with Crippen molar-refractivity contribution in [3.63, 3.8) is 0 Å². The summed E-state index contributed by atoms with van der Waals surface area (Å²) in [5.74, 6) is -0.231. The smallest absolute Gasteiger partial charge is 0.416 e. The van der Waals surface area contributed by atoms with Crippen molar-refractivity contribution in [3.05, 3.63) is 28.8 Å². The fraction of sp³-hybridized carbons (Fsp3) is 0.417. The van der Waals surface area contributed by atoms with Crippen LogP contribution in [0, 0.1) is 6.92 Å². The van der Waals surface area contributed by atoms with Gasteiger partial charge in [0.1, 0.15) is 5.75 Å². The zero-order valence-electron chi connectivity index (χ0n) is 9.81. The van der Waals surface area contributed by atoms with Crippen LogP contribution in [0.4, 0.5) is 13.2 Å². The second-order valence-corrected chi connectivity index (χ2v) is 3.59. The summed E-state index contributed by atoms with van der Waals surface area (Å²) in [7, 11) is 1.26. The molecule has 0 saturated carbocycles. The largest absolute Gasteiger partial charge is 0.496 e. The number of hydrogen-bond donors (Lipinski definition) is 0. The summed E-state index contributed by atoms with van der Waals surface area (Å²) in [4.78, 5) is 11.5. The van der Waals surface area contributed by atoms with Crippen molar-refractivity contribution in [1.82, 2.24) is 0 Å². The molecule has 0 radical (unpaired) electrons. The Morgan fingerprint density at radius 2 is 1.94 bits per heavy atom. The lowest BCUT2D eigenvalue weighted by molar-refractivity contribution is -0.138. The molecule has 0 bridgehead atoms. The molecular weight excluding hydrogens is 233 g/mol. The highest BCUT2D eigenvalue weighted by atomic mass is 19.4. The van der Waals surface area contributed by atoms with Crippen molar-refractivity contribution in [2.45, 2.75) is 26.4 Å². The number of carbonyl (C=O) groups is 1. The number of ketones is 1. The summed E-state index contributed by atoms with van der Waals surface area (Å²) in [5, 5.41) is 0. The average Bonchev–Trinajstić information content (AvgIpc) is 2.25. The van der Waals surface area contributed by atoms with Crippen LogP contribution in [0.25, 0.3) is 0 Å². The van der Waals surface area contributed by atoms with Crippen molar-refractivity contribution in [2.75, 3.05) is 7.11 Å². The van der Waals surface area contributed by atoms with E-state index < -0.39 is 11.7 Å². The van der Waals surface area contributed by atoms with Gasteiger partial charge in [0.05, 0.1) is 18.2 Å². The summed E-state index contributed by atoms with van der Waals surface area (Å²) in [6, 6.07) is 2.08. The quantitative estimate of drug-likeness (QED) is 0.761. The minimum absolute atomic E-state index is 0.00618. The highest BCUT2D eigenvalue weighted by Crippen LogP contribution is 2.37. The Kier molecular flexibility index (Phi) is 3.80. The molecule has 0 saturated heterocycles. The molecule has 94 valence electrons. The summed E-state index contributed by atoms with van der Waals surface area (Å²) in [6.07, 6.45) is -4.22. The highest BCUT2D eigenvalue weighted by Gasteiger charge is 2.34. The number of hydrogen-bond acceptors (Lipinski definition) is 2. The first-order valence-corrected chi connectivity index (χ1v) is 5.10. The van der Waals surface area contributed by atoms with E-state index in [0.717, 1.165) is 6.07 Å². The van der Waals surface area contributed by atoms with E-state index in [1.165, 1.54) is 20.1 Å². The molecule has 5 heteroatoms. The normalized spacial score (nSPS) is 11.4. The van der Waals surface area contributed by atoms with Gasteiger partial charge in [-0.1, -0.05) is 6.92 Å². The van der Waals surface area contributed by atoms with Crippen molar-refractivity contribution in [3.8, 4) is 5.75 Å². The van der Waals surface area contributed by atoms with Gasteiger partial charge in [0.15, 0.2) is 5.78 Å². The topological polar surface area (TPSA) is 26.3 Å². The fourth-order valence-electron chi connectivity index (χ4n) is 1.67.